The number of nitrogens with zero attached hydrogens (tertiary/aromatic N) is 4. The smallest absolute Gasteiger partial charge is 0.283 e. The number of aromatic amines is 1. The predicted molar refractivity (Wildman–Crippen MR) is 164 cm³/mol. The molecule has 1 aliphatic heterocycles. The number of benzene rings is 3. The van der Waals surface area contributed by atoms with Crippen molar-refractivity contribution in [2.75, 3.05) is 16.7 Å². The molecule has 0 radical (unpaired) electrons. The van der Waals surface area contributed by atoms with Crippen molar-refractivity contribution in [1.82, 2.24) is 19.4 Å². The van der Waals surface area contributed by atoms with Gasteiger partial charge in [-0.3, -0.25) is 9.52 Å². The van der Waals surface area contributed by atoms with E-state index >= 15 is 0 Å². The fourth-order valence-electron chi connectivity index (χ4n) is 4.76. The van der Waals surface area contributed by atoms with Gasteiger partial charge in [-0.15, -0.1) is 0 Å². The number of nitrogens with one attached hydrogen (secondary N) is 2. The fraction of sp³-hybridized carbons (Fsp3) is 0.0345. The molecule has 0 saturated carbocycles. The van der Waals surface area contributed by atoms with Crippen molar-refractivity contribution >= 4 is 62.3 Å². The van der Waals surface area contributed by atoms with E-state index in [9.17, 15) is 13.2 Å². The van der Waals surface area contributed by atoms with Crippen molar-refractivity contribution in [2.24, 2.45) is 4.99 Å². The molecule has 12 heteroatoms. The van der Waals surface area contributed by atoms with E-state index in [0.717, 1.165) is 17.4 Å². The molecule has 0 saturated heterocycles. The van der Waals surface area contributed by atoms with Gasteiger partial charge in [0.1, 0.15) is 17.3 Å². The van der Waals surface area contributed by atoms with Gasteiger partial charge >= 0.3 is 0 Å². The summed E-state index contributed by atoms with van der Waals surface area (Å²) in [5, 5.41) is 0.534. The molecule has 0 fully saturated rings. The number of aliphatic imine (C=N–C) groups is 1. The molecule has 41 heavy (non-hydrogen) atoms. The Hall–Kier alpha value is -4.84. The highest BCUT2D eigenvalue weighted by Crippen LogP contribution is 2.49. The van der Waals surface area contributed by atoms with Crippen LogP contribution < -0.4 is 20.5 Å². The van der Waals surface area contributed by atoms with Crippen LogP contribution in [0.2, 0.25) is 5.02 Å². The Balaban J connectivity index is 1.51. The van der Waals surface area contributed by atoms with Gasteiger partial charge in [0.25, 0.3) is 11.4 Å². The molecule has 10 nitrogen and oxygen atoms in total. The van der Waals surface area contributed by atoms with Crippen molar-refractivity contribution in [2.45, 2.75) is 0 Å². The summed E-state index contributed by atoms with van der Waals surface area (Å²) in [6.07, 6.45) is 4.39. The van der Waals surface area contributed by atoms with Crippen molar-refractivity contribution in [3.63, 3.8) is 0 Å². The summed E-state index contributed by atoms with van der Waals surface area (Å²) < 4.78 is 26.3. The summed E-state index contributed by atoms with van der Waals surface area (Å²) in [6, 6.07) is 25.1. The van der Waals surface area contributed by atoms with E-state index in [1.54, 1.807) is 48.9 Å². The number of nitrogen functional groups attached to an aromatic ring is 1. The van der Waals surface area contributed by atoms with Crippen molar-refractivity contribution in [1.29, 1.82) is 0 Å². The molecule has 3 aromatic carbocycles. The lowest BCUT2D eigenvalue weighted by Crippen LogP contribution is -2.36. The number of sulfonamides is 1. The summed E-state index contributed by atoms with van der Waals surface area (Å²) in [4.78, 5) is 29.7. The number of quaternary nitrogens is 1. The molecular weight excluding hydrogens is 562 g/mol. The topological polar surface area (TPSA) is 143 Å². The zero-order chi connectivity index (χ0) is 28.8. The SMILES string of the molecule is CS(=O)(=O)Nc1cccc([N+]2(c3ccc(Cl)cc3)C=Nc3c2nc(-c2ccc(-c4ccc(N)nc4)cc2)[nH]c3=O)c1. The predicted octanol–water partition coefficient (Wildman–Crippen LogP) is 5.75. The minimum Gasteiger partial charge on any atom is -0.384 e. The summed E-state index contributed by atoms with van der Waals surface area (Å²) in [5.41, 5.74) is 9.62. The molecule has 2 aromatic heterocycles. The number of nitrogens with two attached hydrogens (primary N) is 1. The molecule has 0 aliphatic carbocycles. The van der Waals surface area contributed by atoms with Crippen molar-refractivity contribution < 1.29 is 8.42 Å². The molecule has 5 aromatic rings. The number of anilines is 2. The Labute approximate surface area is 240 Å². The van der Waals surface area contributed by atoms with E-state index in [1.807, 2.05) is 48.5 Å². The zero-order valence-corrected chi connectivity index (χ0v) is 23.2. The van der Waals surface area contributed by atoms with Crippen LogP contribution in [0.4, 0.5) is 34.4 Å². The van der Waals surface area contributed by atoms with Crippen LogP contribution in [0.25, 0.3) is 22.5 Å². The number of pyridine rings is 1. The Bertz CT molecular complexity index is 1980. The summed E-state index contributed by atoms with van der Waals surface area (Å²) in [7, 11) is -3.53. The zero-order valence-electron chi connectivity index (χ0n) is 21.6. The van der Waals surface area contributed by atoms with Gasteiger partial charge in [0, 0.05) is 46.6 Å². The van der Waals surface area contributed by atoms with E-state index in [-0.39, 0.29) is 10.2 Å². The summed E-state index contributed by atoms with van der Waals surface area (Å²) in [5.74, 6) is 1.14. The molecule has 0 amide bonds. The molecule has 1 unspecified atom stereocenters. The number of aromatic nitrogens is 3. The van der Waals surface area contributed by atoms with Gasteiger partial charge in [0.15, 0.2) is 5.69 Å². The maximum atomic E-state index is 13.3. The minimum absolute atomic E-state index is 0.148. The van der Waals surface area contributed by atoms with Crippen LogP contribution in [0.5, 0.6) is 0 Å². The molecule has 6 rings (SSSR count). The van der Waals surface area contributed by atoms with Crippen molar-refractivity contribution in [3.8, 4) is 22.5 Å². The van der Waals surface area contributed by atoms with Gasteiger partial charge in [0.05, 0.1) is 11.9 Å². The molecule has 1 atom stereocenters. The Morgan fingerprint density at radius 2 is 1.61 bits per heavy atom. The van der Waals surface area contributed by atoms with Gasteiger partial charge in [-0.1, -0.05) is 41.9 Å². The average Bonchev–Trinajstić information content (AvgIpc) is 3.34. The monoisotopic (exact) mass is 584 g/mol. The van der Waals surface area contributed by atoms with Crippen LogP contribution in [-0.4, -0.2) is 36.0 Å². The van der Waals surface area contributed by atoms with Crippen LogP contribution in [0.15, 0.2) is 101 Å². The first-order valence-electron chi connectivity index (χ1n) is 12.4. The van der Waals surface area contributed by atoms with E-state index in [4.69, 9.17) is 22.3 Å². The minimum atomic E-state index is -3.53. The third-order valence-corrected chi connectivity index (χ3v) is 7.50. The first kappa shape index (κ1) is 26.4. The lowest BCUT2D eigenvalue weighted by molar-refractivity contribution is 0.607. The third-order valence-electron chi connectivity index (χ3n) is 6.64. The quantitative estimate of drug-likeness (QED) is 0.217. The molecule has 0 spiro atoms. The molecule has 204 valence electrons. The average molecular weight is 585 g/mol. The van der Waals surface area contributed by atoms with Gasteiger partial charge in [-0.05, 0) is 35.9 Å². The second-order valence-corrected chi connectivity index (χ2v) is 11.7. The van der Waals surface area contributed by atoms with Gasteiger partial charge in [-0.25, -0.2) is 13.4 Å². The highest BCUT2D eigenvalue weighted by atomic mass is 35.5. The number of hydrogen-bond acceptors (Lipinski definition) is 7. The van der Waals surface area contributed by atoms with Gasteiger partial charge < -0.3 is 10.7 Å². The Kier molecular flexibility index (Phi) is 6.41. The molecule has 0 bridgehead atoms. The fourth-order valence-corrected chi connectivity index (χ4v) is 5.44. The van der Waals surface area contributed by atoms with Crippen LogP contribution in [-0.2, 0) is 10.0 Å². The Morgan fingerprint density at radius 3 is 2.29 bits per heavy atom. The number of halogens is 1. The van der Waals surface area contributed by atoms with Crippen LogP contribution >= 0.6 is 11.6 Å². The summed E-state index contributed by atoms with van der Waals surface area (Å²) in [6.45, 7) is 0. The third kappa shape index (κ3) is 4.97. The standard InChI is InChI=1S/C29H22ClN7O3S/c1-41(39,40)36-22-3-2-4-24(15-22)37(23-12-10-21(30)11-13-23)17-33-26-28(37)34-27(35-29(26)38)19-7-5-18(6-8-19)20-9-14-25(31)32-16-20/h2-17,36H,1H3,(H2-,31,32,34,35,38)/p+1. The lowest BCUT2D eigenvalue weighted by atomic mass is 10.1. The molecule has 3 heterocycles. The van der Waals surface area contributed by atoms with Crippen LogP contribution in [0.1, 0.15) is 0 Å². The highest BCUT2D eigenvalue weighted by Gasteiger charge is 2.45. The second kappa shape index (κ2) is 9.97. The largest absolute Gasteiger partial charge is 0.384 e. The van der Waals surface area contributed by atoms with Crippen LogP contribution in [0.3, 0.4) is 0 Å². The van der Waals surface area contributed by atoms with Crippen molar-refractivity contribution in [3.05, 3.63) is 107 Å². The maximum absolute atomic E-state index is 13.3. The molecular formula is C29H23ClN7O3S+. The summed E-state index contributed by atoms with van der Waals surface area (Å²) >= 11 is 6.21. The highest BCUT2D eigenvalue weighted by molar-refractivity contribution is 7.92. The first-order valence-corrected chi connectivity index (χ1v) is 14.7. The lowest BCUT2D eigenvalue weighted by Gasteiger charge is -2.29. The number of H-pyrrole nitrogens is 1. The van der Waals surface area contributed by atoms with E-state index in [0.29, 0.717) is 45.1 Å². The van der Waals surface area contributed by atoms with Gasteiger partial charge in [-0.2, -0.15) is 14.5 Å². The maximum Gasteiger partial charge on any atom is 0.283 e. The Morgan fingerprint density at radius 1 is 0.902 bits per heavy atom. The van der Waals surface area contributed by atoms with Crippen LogP contribution in [0, 0.1) is 0 Å². The van der Waals surface area contributed by atoms with E-state index in [2.05, 4.69) is 19.7 Å². The number of rotatable bonds is 6. The van der Waals surface area contributed by atoms with E-state index in [1.165, 1.54) is 0 Å². The normalized spacial score (nSPS) is 16.0. The molecule has 1 aliphatic rings. The van der Waals surface area contributed by atoms with E-state index < -0.39 is 15.6 Å². The first-order chi connectivity index (χ1) is 19.6. The van der Waals surface area contributed by atoms with Gasteiger partial charge in [0.2, 0.25) is 22.0 Å². The second-order valence-electron chi connectivity index (χ2n) is 9.50. The number of fused-ring (bicyclic) bond motifs is 1. The molecule has 4 N–H and O–H groups in total. The number of hydrogen-bond donors (Lipinski definition) is 3.